The van der Waals surface area contributed by atoms with E-state index in [1.165, 1.54) is 11.4 Å². The number of benzene rings is 1. The maximum Gasteiger partial charge on any atom is 0.426 e. The minimum Gasteiger partial charge on any atom is -0.372 e. The topological polar surface area (TPSA) is 63.4 Å². The van der Waals surface area contributed by atoms with Crippen molar-refractivity contribution in [2.24, 2.45) is 0 Å². The van der Waals surface area contributed by atoms with Crippen molar-refractivity contribution in [3.05, 3.63) is 62.3 Å². The first-order valence-corrected chi connectivity index (χ1v) is 6.23. The summed E-state index contributed by atoms with van der Waals surface area (Å²) in [6.07, 6.45) is -4.99. The quantitative estimate of drug-likeness (QED) is 0.697. The van der Waals surface area contributed by atoms with Crippen molar-refractivity contribution in [2.75, 3.05) is 0 Å². The standard InChI is InChI=1S/C12H8F3NO3S/c13-12(14,15)11(17,10-5-2-6-20-10)8-3-1-4-9(7-8)16(18)19/h1-7,17H. The van der Waals surface area contributed by atoms with E-state index in [1.54, 1.807) is 0 Å². The molecule has 0 radical (unpaired) electrons. The molecular formula is C12H8F3NO3S. The summed E-state index contributed by atoms with van der Waals surface area (Å²) in [6.45, 7) is 0. The van der Waals surface area contributed by atoms with Gasteiger partial charge in [0.2, 0.25) is 5.60 Å². The van der Waals surface area contributed by atoms with Crippen molar-refractivity contribution in [3.8, 4) is 0 Å². The van der Waals surface area contributed by atoms with Gasteiger partial charge in [0.25, 0.3) is 5.69 Å². The normalized spacial score (nSPS) is 14.8. The molecule has 0 aliphatic carbocycles. The summed E-state index contributed by atoms with van der Waals surface area (Å²) in [5.74, 6) is 0. The Hall–Kier alpha value is -1.93. The van der Waals surface area contributed by atoms with Crippen LogP contribution in [0.4, 0.5) is 18.9 Å². The van der Waals surface area contributed by atoms with Crippen LogP contribution in [0.2, 0.25) is 0 Å². The molecule has 1 aromatic carbocycles. The second-order valence-corrected chi connectivity index (χ2v) is 4.94. The largest absolute Gasteiger partial charge is 0.426 e. The second-order valence-electron chi connectivity index (χ2n) is 3.99. The zero-order valence-electron chi connectivity index (χ0n) is 9.79. The Morgan fingerprint density at radius 1 is 1.20 bits per heavy atom. The summed E-state index contributed by atoms with van der Waals surface area (Å²) in [4.78, 5) is 9.51. The number of alkyl halides is 3. The minimum atomic E-state index is -4.99. The number of nitro groups is 1. The molecule has 0 saturated carbocycles. The lowest BCUT2D eigenvalue weighted by Gasteiger charge is -2.29. The predicted molar refractivity (Wildman–Crippen MR) is 66.5 cm³/mol. The number of hydrogen-bond acceptors (Lipinski definition) is 4. The molecule has 8 heteroatoms. The van der Waals surface area contributed by atoms with E-state index in [0.29, 0.717) is 0 Å². The lowest BCUT2D eigenvalue weighted by Crippen LogP contribution is -2.42. The molecular weight excluding hydrogens is 295 g/mol. The zero-order chi connectivity index (χ0) is 15.0. The van der Waals surface area contributed by atoms with E-state index in [4.69, 9.17) is 0 Å². The predicted octanol–water partition coefficient (Wildman–Crippen LogP) is 3.45. The van der Waals surface area contributed by atoms with Gasteiger partial charge in [-0.15, -0.1) is 11.3 Å². The molecule has 1 aromatic heterocycles. The van der Waals surface area contributed by atoms with Gasteiger partial charge in [0.05, 0.1) is 4.92 Å². The maximum atomic E-state index is 13.3. The highest BCUT2D eigenvalue weighted by atomic mass is 32.1. The molecule has 1 N–H and O–H groups in total. The van der Waals surface area contributed by atoms with E-state index in [9.17, 15) is 28.4 Å². The molecule has 4 nitrogen and oxygen atoms in total. The van der Waals surface area contributed by atoms with E-state index in [2.05, 4.69) is 0 Å². The summed E-state index contributed by atoms with van der Waals surface area (Å²) >= 11 is 0.726. The Morgan fingerprint density at radius 2 is 1.90 bits per heavy atom. The van der Waals surface area contributed by atoms with E-state index in [1.807, 2.05) is 0 Å². The Balaban J connectivity index is 2.65. The summed E-state index contributed by atoms with van der Waals surface area (Å²) in [5.41, 5.74) is -4.35. The third-order valence-corrected chi connectivity index (χ3v) is 3.74. The molecule has 0 fully saturated rings. The van der Waals surface area contributed by atoms with Crippen molar-refractivity contribution in [2.45, 2.75) is 11.8 Å². The number of non-ortho nitro benzene ring substituents is 1. The Kier molecular flexibility index (Phi) is 3.53. The van der Waals surface area contributed by atoms with E-state index in [0.717, 1.165) is 41.7 Å². The van der Waals surface area contributed by atoms with E-state index < -0.39 is 28.0 Å². The third-order valence-electron chi connectivity index (χ3n) is 2.76. The number of aliphatic hydroxyl groups is 1. The average Bonchev–Trinajstić information content (AvgIpc) is 2.90. The summed E-state index contributed by atoms with van der Waals surface area (Å²) in [5, 5.41) is 22.2. The fourth-order valence-electron chi connectivity index (χ4n) is 1.77. The van der Waals surface area contributed by atoms with Crippen molar-refractivity contribution >= 4 is 17.0 Å². The summed E-state index contributed by atoms with van der Waals surface area (Å²) in [7, 11) is 0. The van der Waals surface area contributed by atoms with Gasteiger partial charge in [-0.05, 0) is 11.4 Å². The maximum absolute atomic E-state index is 13.3. The fraction of sp³-hybridized carbons (Fsp3) is 0.167. The fourth-order valence-corrected chi connectivity index (χ4v) is 2.64. The molecule has 2 rings (SSSR count). The zero-order valence-corrected chi connectivity index (χ0v) is 10.6. The van der Waals surface area contributed by atoms with Crippen molar-refractivity contribution in [1.29, 1.82) is 0 Å². The Morgan fingerprint density at radius 3 is 2.40 bits per heavy atom. The van der Waals surface area contributed by atoms with Crippen LogP contribution in [0.25, 0.3) is 0 Å². The van der Waals surface area contributed by atoms with Crippen LogP contribution < -0.4 is 0 Å². The molecule has 0 aliphatic rings. The van der Waals surface area contributed by atoms with Crippen LogP contribution in [0.15, 0.2) is 41.8 Å². The smallest absolute Gasteiger partial charge is 0.372 e. The molecule has 0 saturated heterocycles. The molecule has 1 heterocycles. The molecule has 0 amide bonds. The summed E-state index contributed by atoms with van der Waals surface area (Å²) in [6, 6.07) is 6.42. The van der Waals surface area contributed by atoms with Gasteiger partial charge in [-0.25, -0.2) is 0 Å². The van der Waals surface area contributed by atoms with Crippen LogP contribution in [-0.2, 0) is 5.60 Å². The van der Waals surface area contributed by atoms with Crippen molar-refractivity contribution in [3.63, 3.8) is 0 Å². The van der Waals surface area contributed by atoms with Gasteiger partial charge in [-0.3, -0.25) is 10.1 Å². The molecule has 0 aliphatic heterocycles. The number of rotatable bonds is 3. The number of hydrogen-bond donors (Lipinski definition) is 1. The molecule has 106 valence electrons. The molecule has 1 atom stereocenters. The molecule has 0 bridgehead atoms. The Bertz CT molecular complexity index is 627. The number of halogens is 3. The number of thiophene rings is 1. The van der Waals surface area contributed by atoms with E-state index >= 15 is 0 Å². The van der Waals surface area contributed by atoms with Crippen LogP contribution in [0.1, 0.15) is 10.4 Å². The molecule has 0 spiro atoms. The van der Waals surface area contributed by atoms with Gasteiger partial charge in [0.15, 0.2) is 0 Å². The van der Waals surface area contributed by atoms with Gasteiger partial charge >= 0.3 is 6.18 Å². The highest BCUT2D eigenvalue weighted by molar-refractivity contribution is 7.10. The highest BCUT2D eigenvalue weighted by Crippen LogP contribution is 2.46. The van der Waals surface area contributed by atoms with E-state index in [-0.39, 0.29) is 4.88 Å². The first-order valence-electron chi connectivity index (χ1n) is 5.35. The molecule has 20 heavy (non-hydrogen) atoms. The monoisotopic (exact) mass is 303 g/mol. The number of nitro benzene ring substituents is 1. The summed E-state index contributed by atoms with van der Waals surface area (Å²) < 4.78 is 39.8. The van der Waals surface area contributed by atoms with Crippen LogP contribution >= 0.6 is 11.3 Å². The van der Waals surface area contributed by atoms with Crippen LogP contribution in [0.5, 0.6) is 0 Å². The second kappa shape index (κ2) is 4.88. The average molecular weight is 303 g/mol. The lowest BCUT2D eigenvalue weighted by molar-refractivity contribution is -0.385. The minimum absolute atomic E-state index is 0.342. The van der Waals surface area contributed by atoms with Gasteiger partial charge in [-0.2, -0.15) is 13.2 Å². The van der Waals surface area contributed by atoms with Crippen LogP contribution in [0, 0.1) is 10.1 Å². The van der Waals surface area contributed by atoms with Gasteiger partial charge in [0, 0.05) is 22.6 Å². The highest BCUT2D eigenvalue weighted by Gasteiger charge is 2.57. The SMILES string of the molecule is O=[N+]([O-])c1cccc(C(O)(c2cccs2)C(F)(F)F)c1. The van der Waals surface area contributed by atoms with Crippen LogP contribution in [0.3, 0.4) is 0 Å². The first kappa shape index (κ1) is 14.5. The first-order chi connectivity index (χ1) is 9.26. The van der Waals surface area contributed by atoms with Crippen LogP contribution in [-0.4, -0.2) is 16.2 Å². The van der Waals surface area contributed by atoms with Crippen molar-refractivity contribution in [1.82, 2.24) is 0 Å². The molecule has 2 aromatic rings. The Labute approximate surface area is 115 Å². The number of nitrogens with zero attached hydrogens (tertiary/aromatic N) is 1. The van der Waals surface area contributed by atoms with Gasteiger partial charge in [-0.1, -0.05) is 18.2 Å². The lowest BCUT2D eigenvalue weighted by atomic mass is 9.91. The van der Waals surface area contributed by atoms with Crippen molar-refractivity contribution < 1.29 is 23.2 Å². The van der Waals surface area contributed by atoms with Gasteiger partial charge < -0.3 is 5.11 Å². The third kappa shape index (κ3) is 2.27. The molecule has 1 unspecified atom stereocenters. The van der Waals surface area contributed by atoms with Gasteiger partial charge in [0.1, 0.15) is 0 Å².